The monoisotopic (exact) mass is 291 g/mol. The van der Waals surface area contributed by atoms with Crippen LogP contribution in [-0.2, 0) is 5.41 Å². The molecule has 0 amide bonds. The first-order valence-electron chi connectivity index (χ1n) is 7.57. The van der Waals surface area contributed by atoms with E-state index in [1.54, 1.807) is 7.11 Å². The molecule has 0 bridgehead atoms. The summed E-state index contributed by atoms with van der Waals surface area (Å²) in [5, 5.41) is 3.33. The minimum atomic E-state index is 0.00562. The van der Waals surface area contributed by atoms with Crippen LogP contribution < -0.4 is 14.8 Å². The topological polar surface area (TPSA) is 30.5 Å². The number of hydrogen-bond acceptors (Lipinski definition) is 3. The fraction of sp³-hybridized carbons (Fsp3) is 0.556. The Kier molecular flexibility index (Phi) is 6.76. The molecule has 118 valence electrons. The van der Waals surface area contributed by atoms with Crippen LogP contribution in [0.3, 0.4) is 0 Å². The highest BCUT2D eigenvalue weighted by molar-refractivity contribution is 5.44. The third kappa shape index (κ3) is 5.80. The average Bonchev–Trinajstić information content (AvgIpc) is 2.44. The van der Waals surface area contributed by atoms with E-state index in [1.165, 1.54) is 0 Å². The number of methoxy groups -OCH3 is 1. The van der Waals surface area contributed by atoms with Gasteiger partial charge in [0.2, 0.25) is 0 Å². The molecule has 1 aromatic rings. The van der Waals surface area contributed by atoms with Gasteiger partial charge in [-0.3, -0.25) is 0 Å². The van der Waals surface area contributed by atoms with Crippen molar-refractivity contribution >= 4 is 0 Å². The molecule has 1 rings (SSSR count). The quantitative estimate of drug-likeness (QED) is 0.581. The smallest absolute Gasteiger partial charge is 0.123 e. The summed E-state index contributed by atoms with van der Waals surface area (Å²) in [5.74, 6) is 1.76. The van der Waals surface area contributed by atoms with Crippen molar-refractivity contribution in [1.82, 2.24) is 5.32 Å². The molecule has 0 heterocycles. The molecule has 21 heavy (non-hydrogen) atoms. The van der Waals surface area contributed by atoms with Crippen molar-refractivity contribution in [2.75, 3.05) is 26.8 Å². The molecule has 1 N–H and O–H groups in total. The zero-order chi connectivity index (χ0) is 15.9. The van der Waals surface area contributed by atoms with Crippen molar-refractivity contribution in [1.29, 1.82) is 0 Å². The van der Waals surface area contributed by atoms with E-state index in [9.17, 15) is 0 Å². The Morgan fingerprint density at radius 1 is 1.29 bits per heavy atom. The van der Waals surface area contributed by atoms with E-state index in [4.69, 9.17) is 9.47 Å². The van der Waals surface area contributed by atoms with Crippen molar-refractivity contribution in [3.63, 3.8) is 0 Å². The zero-order valence-corrected chi connectivity index (χ0v) is 14.1. The Bertz CT molecular complexity index is 461. The predicted octanol–water partition coefficient (Wildman–Crippen LogP) is 3.93. The lowest BCUT2D eigenvalue weighted by Crippen LogP contribution is -2.21. The standard InChI is InChI=1S/C18H29NO2/c1-7-10-19-12-14(2)13-21-17-9-8-15(20-6)11-16(17)18(3,4)5/h8-9,11,19H,2,7,10,12-13H2,1,3-6H3. The number of ether oxygens (including phenoxy) is 2. The molecule has 3 heteroatoms. The summed E-state index contributed by atoms with van der Waals surface area (Å²) in [7, 11) is 1.68. The first-order valence-corrected chi connectivity index (χ1v) is 7.57. The Hall–Kier alpha value is -1.48. The first kappa shape index (κ1) is 17.6. The maximum Gasteiger partial charge on any atom is 0.123 e. The lowest BCUT2D eigenvalue weighted by atomic mass is 9.86. The van der Waals surface area contributed by atoms with Crippen molar-refractivity contribution in [2.24, 2.45) is 0 Å². The van der Waals surface area contributed by atoms with Gasteiger partial charge in [-0.1, -0.05) is 34.3 Å². The third-order valence-corrected chi connectivity index (χ3v) is 3.23. The fourth-order valence-electron chi connectivity index (χ4n) is 2.02. The summed E-state index contributed by atoms with van der Waals surface area (Å²) in [4.78, 5) is 0. The highest BCUT2D eigenvalue weighted by Crippen LogP contribution is 2.34. The SMILES string of the molecule is C=C(CNCCC)COc1ccc(OC)cc1C(C)(C)C. The van der Waals surface area contributed by atoms with E-state index in [2.05, 4.69) is 39.6 Å². The molecule has 0 aliphatic rings. The van der Waals surface area contributed by atoms with Gasteiger partial charge in [0.15, 0.2) is 0 Å². The van der Waals surface area contributed by atoms with Gasteiger partial charge in [-0.15, -0.1) is 0 Å². The van der Waals surface area contributed by atoms with Crippen molar-refractivity contribution in [3.8, 4) is 11.5 Å². The molecule has 0 spiro atoms. The van der Waals surface area contributed by atoms with Gasteiger partial charge in [-0.05, 0) is 42.2 Å². The second-order valence-electron chi connectivity index (χ2n) is 6.33. The van der Waals surface area contributed by atoms with Crippen molar-refractivity contribution in [3.05, 3.63) is 35.9 Å². The molecule has 0 aromatic heterocycles. The van der Waals surface area contributed by atoms with Gasteiger partial charge in [-0.2, -0.15) is 0 Å². The molecule has 1 aromatic carbocycles. The summed E-state index contributed by atoms with van der Waals surface area (Å²) >= 11 is 0. The Morgan fingerprint density at radius 2 is 2.00 bits per heavy atom. The second-order valence-corrected chi connectivity index (χ2v) is 6.33. The third-order valence-electron chi connectivity index (χ3n) is 3.23. The predicted molar refractivity (Wildman–Crippen MR) is 89.5 cm³/mol. The maximum absolute atomic E-state index is 5.96. The van der Waals surface area contributed by atoms with E-state index < -0.39 is 0 Å². The molecule has 0 radical (unpaired) electrons. The molecular weight excluding hydrogens is 262 g/mol. The van der Waals surface area contributed by atoms with Crippen LogP contribution in [0.5, 0.6) is 11.5 Å². The normalized spacial score (nSPS) is 11.3. The molecule has 0 unspecified atom stereocenters. The van der Waals surface area contributed by atoms with Gasteiger partial charge in [0.25, 0.3) is 0 Å². The lowest BCUT2D eigenvalue weighted by molar-refractivity contribution is 0.335. The number of nitrogens with one attached hydrogen (secondary N) is 1. The average molecular weight is 291 g/mol. The minimum Gasteiger partial charge on any atom is -0.497 e. The molecule has 0 fully saturated rings. The maximum atomic E-state index is 5.96. The van der Waals surface area contributed by atoms with E-state index in [-0.39, 0.29) is 5.41 Å². The largest absolute Gasteiger partial charge is 0.497 e. The Balaban J connectivity index is 2.72. The number of hydrogen-bond donors (Lipinski definition) is 1. The molecule has 0 atom stereocenters. The summed E-state index contributed by atoms with van der Waals surface area (Å²) in [6.45, 7) is 15.1. The zero-order valence-electron chi connectivity index (χ0n) is 14.1. The molecule has 0 saturated carbocycles. The van der Waals surface area contributed by atoms with Crippen LogP contribution in [0, 0.1) is 0 Å². The number of benzene rings is 1. The van der Waals surface area contributed by atoms with Gasteiger partial charge in [0.05, 0.1) is 7.11 Å². The van der Waals surface area contributed by atoms with Crippen LogP contribution in [0.1, 0.15) is 39.7 Å². The number of rotatable bonds is 8. The minimum absolute atomic E-state index is 0.00562. The van der Waals surface area contributed by atoms with Gasteiger partial charge in [0.1, 0.15) is 18.1 Å². The molecule has 0 saturated heterocycles. The van der Waals surface area contributed by atoms with Crippen LogP contribution >= 0.6 is 0 Å². The molecule has 0 aliphatic carbocycles. The van der Waals surface area contributed by atoms with Crippen molar-refractivity contribution in [2.45, 2.75) is 39.5 Å². The summed E-state index contributed by atoms with van der Waals surface area (Å²) in [6.07, 6.45) is 1.13. The summed E-state index contributed by atoms with van der Waals surface area (Å²) < 4.78 is 11.3. The van der Waals surface area contributed by atoms with Gasteiger partial charge < -0.3 is 14.8 Å². The highest BCUT2D eigenvalue weighted by Gasteiger charge is 2.20. The van der Waals surface area contributed by atoms with Crippen LogP contribution in [-0.4, -0.2) is 26.8 Å². The van der Waals surface area contributed by atoms with E-state index in [0.29, 0.717) is 6.61 Å². The van der Waals surface area contributed by atoms with Crippen LogP contribution in [0.25, 0.3) is 0 Å². The van der Waals surface area contributed by atoms with Crippen molar-refractivity contribution < 1.29 is 9.47 Å². The van der Waals surface area contributed by atoms with E-state index in [0.717, 1.165) is 42.1 Å². The molecule has 3 nitrogen and oxygen atoms in total. The summed E-state index contributed by atoms with van der Waals surface area (Å²) in [6, 6.07) is 5.96. The fourth-order valence-corrected chi connectivity index (χ4v) is 2.02. The summed E-state index contributed by atoms with van der Waals surface area (Å²) in [5.41, 5.74) is 2.21. The highest BCUT2D eigenvalue weighted by atomic mass is 16.5. The van der Waals surface area contributed by atoms with Crippen LogP contribution in [0.15, 0.2) is 30.4 Å². The lowest BCUT2D eigenvalue weighted by Gasteiger charge is -2.23. The van der Waals surface area contributed by atoms with Gasteiger partial charge in [0, 0.05) is 12.1 Å². The second kappa shape index (κ2) is 8.08. The van der Waals surface area contributed by atoms with E-state index in [1.807, 2.05) is 18.2 Å². The van der Waals surface area contributed by atoms with Gasteiger partial charge >= 0.3 is 0 Å². The first-order chi connectivity index (χ1) is 9.88. The Morgan fingerprint density at radius 3 is 2.57 bits per heavy atom. The van der Waals surface area contributed by atoms with Crippen LogP contribution in [0.4, 0.5) is 0 Å². The Labute approximate surface area is 129 Å². The molecular formula is C18H29NO2. The van der Waals surface area contributed by atoms with Crippen LogP contribution in [0.2, 0.25) is 0 Å². The van der Waals surface area contributed by atoms with Gasteiger partial charge in [-0.25, -0.2) is 0 Å². The van der Waals surface area contributed by atoms with E-state index >= 15 is 0 Å². The molecule has 0 aliphatic heterocycles.